The number of carboxylic acids is 1. The van der Waals surface area contributed by atoms with E-state index in [0.717, 1.165) is 5.56 Å². The lowest BCUT2D eigenvalue weighted by Crippen LogP contribution is -2.55. The molecule has 1 aliphatic heterocycles. The highest BCUT2D eigenvalue weighted by atomic mass is 16.4. The lowest BCUT2D eigenvalue weighted by molar-refractivity contribution is -0.138. The van der Waals surface area contributed by atoms with Gasteiger partial charge in [0.25, 0.3) is 5.91 Å². The molecular formula is C25H31N5O6. The normalized spacial score (nSPS) is 14.3. The molecule has 2 heterocycles. The van der Waals surface area contributed by atoms with E-state index in [4.69, 9.17) is 10.2 Å². The number of nitrogens with zero attached hydrogens (tertiary/aromatic N) is 3. The molecule has 1 atom stereocenters. The smallest absolute Gasteiger partial charge is 0.407 e. The van der Waals surface area contributed by atoms with Crippen molar-refractivity contribution >= 4 is 29.6 Å². The zero-order valence-electron chi connectivity index (χ0n) is 20.3. The number of hydrogen-bond acceptors (Lipinski definition) is 6. The summed E-state index contributed by atoms with van der Waals surface area (Å²) in [5.41, 5.74) is 2.16. The molecule has 0 saturated carbocycles. The SMILES string of the molecule is CC(C)Nc1cc(C(=O)N[C@@H](CCC(=O)O)C(=O)N2CCN(C(=O)O)CC2)nc(-c2ccccc2)c1. The third kappa shape index (κ3) is 7.17. The summed E-state index contributed by atoms with van der Waals surface area (Å²) >= 11 is 0. The molecule has 1 fully saturated rings. The van der Waals surface area contributed by atoms with Gasteiger partial charge in [-0.15, -0.1) is 0 Å². The van der Waals surface area contributed by atoms with E-state index in [2.05, 4.69) is 15.6 Å². The number of benzene rings is 1. The van der Waals surface area contributed by atoms with Crippen molar-refractivity contribution in [1.29, 1.82) is 0 Å². The fourth-order valence-corrected chi connectivity index (χ4v) is 3.92. The molecule has 192 valence electrons. The van der Waals surface area contributed by atoms with Crippen LogP contribution in [0.25, 0.3) is 11.3 Å². The first-order valence-electron chi connectivity index (χ1n) is 11.8. The number of carbonyl (C=O) groups excluding carboxylic acids is 2. The number of rotatable bonds is 9. The largest absolute Gasteiger partial charge is 0.481 e. The number of pyridine rings is 1. The molecule has 1 aliphatic rings. The maximum Gasteiger partial charge on any atom is 0.407 e. The number of nitrogens with one attached hydrogen (secondary N) is 2. The molecule has 36 heavy (non-hydrogen) atoms. The van der Waals surface area contributed by atoms with Crippen LogP contribution in [-0.4, -0.2) is 87.1 Å². The van der Waals surface area contributed by atoms with Gasteiger partial charge in [-0.25, -0.2) is 9.78 Å². The van der Waals surface area contributed by atoms with Gasteiger partial charge in [-0.3, -0.25) is 14.4 Å². The molecule has 3 rings (SSSR count). The van der Waals surface area contributed by atoms with Crippen molar-refractivity contribution in [3.8, 4) is 11.3 Å². The predicted octanol–water partition coefficient (Wildman–Crippen LogP) is 2.35. The number of aromatic nitrogens is 1. The van der Waals surface area contributed by atoms with Crippen molar-refractivity contribution in [3.63, 3.8) is 0 Å². The molecule has 0 radical (unpaired) electrons. The van der Waals surface area contributed by atoms with Gasteiger partial charge in [0.1, 0.15) is 11.7 Å². The Kier molecular flexibility index (Phi) is 8.82. The Hall–Kier alpha value is -4.15. The Morgan fingerprint density at radius 3 is 2.19 bits per heavy atom. The van der Waals surface area contributed by atoms with Crippen LogP contribution >= 0.6 is 0 Å². The molecule has 0 unspecified atom stereocenters. The van der Waals surface area contributed by atoms with Gasteiger partial charge < -0.3 is 30.6 Å². The highest BCUT2D eigenvalue weighted by Crippen LogP contribution is 2.22. The summed E-state index contributed by atoms with van der Waals surface area (Å²) in [5, 5.41) is 24.2. The molecule has 11 nitrogen and oxygen atoms in total. The highest BCUT2D eigenvalue weighted by Gasteiger charge is 2.30. The second kappa shape index (κ2) is 12.0. The van der Waals surface area contributed by atoms with Crippen LogP contribution in [0.15, 0.2) is 42.5 Å². The second-order valence-corrected chi connectivity index (χ2v) is 8.84. The van der Waals surface area contributed by atoms with E-state index in [1.165, 1.54) is 9.80 Å². The lowest BCUT2D eigenvalue weighted by atomic mass is 10.1. The van der Waals surface area contributed by atoms with Crippen molar-refractivity contribution in [2.75, 3.05) is 31.5 Å². The first kappa shape index (κ1) is 26.5. The molecule has 2 aromatic rings. The maximum atomic E-state index is 13.2. The zero-order chi connectivity index (χ0) is 26.2. The second-order valence-electron chi connectivity index (χ2n) is 8.84. The van der Waals surface area contributed by atoms with Gasteiger partial charge in [-0.05, 0) is 32.4 Å². The number of aliphatic carboxylic acids is 1. The van der Waals surface area contributed by atoms with Gasteiger partial charge in [0.15, 0.2) is 0 Å². The van der Waals surface area contributed by atoms with E-state index >= 15 is 0 Å². The van der Waals surface area contributed by atoms with E-state index in [1.54, 1.807) is 6.07 Å². The molecule has 3 amide bonds. The van der Waals surface area contributed by atoms with Crippen LogP contribution in [0.4, 0.5) is 10.5 Å². The van der Waals surface area contributed by atoms with Crippen LogP contribution in [0.2, 0.25) is 0 Å². The Morgan fingerprint density at radius 2 is 1.61 bits per heavy atom. The van der Waals surface area contributed by atoms with E-state index in [9.17, 15) is 19.2 Å². The summed E-state index contributed by atoms with van der Waals surface area (Å²) in [6.07, 6.45) is -1.48. The van der Waals surface area contributed by atoms with E-state index < -0.39 is 29.9 Å². The van der Waals surface area contributed by atoms with Crippen molar-refractivity contribution in [3.05, 3.63) is 48.2 Å². The third-order valence-corrected chi connectivity index (χ3v) is 5.70. The molecule has 1 saturated heterocycles. The Bertz CT molecular complexity index is 1100. The quantitative estimate of drug-likeness (QED) is 0.412. The van der Waals surface area contributed by atoms with Crippen molar-refractivity contribution in [2.45, 2.75) is 38.8 Å². The lowest BCUT2D eigenvalue weighted by Gasteiger charge is -2.35. The maximum absolute atomic E-state index is 13.2. The number of hydrogen-bond donors (Lipinski definition) is 4. The van der Waals surface area contributed by atoms with Crippen LogP contribution in [0.3, 0.4) is 0 Å². The van der Waals surface area contributed by atoms with Gasteiger partial charge in [-0.2, -0.15) is 0 Å². The van der Waals surface area contributed by atoms with E-state index in [0.29, 0.717) is 11.4 Å². The van der Waals surface area contributed by atoms with Gasteiger partial charge >= 0.3 is 12.1 Å². The van der Waals surface area contributed by atoms with Gasteiger partial charge in [0.2, 0.25) is 5.91 Å². The Balaban J connectivity index is 1.83. The number of piperazine rings is 1. The summed E-state index contributed by atoms with van der Waals surface area (Å²) in [4.78, 5) is 55.9. The summed E-state index contributed by atoms with van der Waals surface area (Å²) in [6.45, 7) is 4.54. The molecular weight excluding hydrogens is 466 g/mol. The number of carbonyl (C=O) groups is 4. The first-order valence-corrected chi connectivity index (χ1v) is 11.8. The molecule has 4 N–H and O–H groups in total. The standard InChI is InChI=1S/C25H31N5O6/c1-16(2)26-18-14-20(17-6-4-3-5-7-17)27-21(15-18)23(33)28-19(8-9-22(31)32)24(34)29-10-12-30(13-11-29)25(35)36/h3-7,14-16,19H,8-13H2,1-2H3,(H,26,27)(H,28,33)(H,31,32)(H,35,36)/t19-/m0/s1. The van der Waals surface area contributed by atoms with E-state index in [-0.39, 0.29) is 50.8 Å². The molecule has 1 aromatic carbocycles. The summed E-state index contributed by atoms with van der Waals surface area (Å²) in [5.74, 6) is -2.15. The monoisotopic (exact) mass is 497 g/mol. The summed E-state index contributed by atoms with van der Waals surface area (Å²) in [7, 11) is 0. The number of carboxylic acid groups (broad SMARTS) is 2. The first-order chi connectivity index (χ1) is 17.1. The zero-order valence-corrected chi connectivity index (χ0v) is 20.3. The number of amides is 3. The van der Waals surface area contributed by atoms with Crippen LogP contribution in [0.5, 0.6) is 0 Å². The molecule has 0 aliphatic carbocycles. The number of anilines is 1. The van der Waals surface area contributed by atoms with E-state index in [1.807, 2.05) is 50.2 Å². The van der Waals surface area contributed by atoms with Gasteiger partial charge in [0, 0.05) is 49.9 Å². The average molecular weight is 498 g/mol. The predicted molar refractivity (Wildman–Crippen MR) is 133 cm³/mol. The van der Waals surface area contributed by atoms with Crippen LogP contribution in [0, 0.1) is 0 Å². The topological polar surface area (TPSA) is 152 Å². The van der Waals surface area contributed by atoms with Crippen LogP contribution in [0.1, 0.15) is 37.2 Å². The molecule has 0 spiro atoms. The fraction of sp³-hybridized carbons (Fsp3) is 0.400. The molecule has 1 aromatic heterocycles. The van der Waals surface area contributed by atoms with Gasteiger partial charge in [0.05, 0.1) is 5.69 Å². The summed E-state index contributed by atoms with van der Waals surface area (Å²) in [6, 6.07) is 11.8. The Morgan fingerprint density at radius 1 is 0.972 bits per heavy atom. The minimum Gasteiger partial charge on any atom is -0.481 e. The minimum absolute atomic E-state index is 0.0864. The molecule has 11 heteroatoms. The van der Waals surface area contributed by atoms with Crippen molar-refractivity contribution in [2.24, 2.45) is 0 Å². The van der Waals surface area contributed by atoms with Crippen LogP contribution < -0.4 is 10.6 Å². The average Bonchev–Trinajstić information content (AvgIpc) is 2.85. The summed E-state index contributed by atoms with van der Waals surface area (Å²) < 4.78 is 0. The minimum atomic E-state index is -1.09. The van der Waals surface area contributed by atoms with Crippen LogP contribution in [-0.2, 0) is 9.59 Å². The Labute approximate surface area is 209 Å². The highest BCUT2D eigenvalue weighted by molar-refractivity contribution is 5.97. The van der Waals surface area contributed by atoms with Gasteiger partial charge in [-0.1, -0.05) is 30.3 Å². The van der Waals surface area contributed by atoms with Crippen molar-refractivity contribution < 1.29 is 29.4 Å². The fourth-order valence-electron chi connectivity index (χ4n) is 3.92. The molecule has 0 bridgehead atoms. The van der Waals surface area contributed by atoms with Crippen molar-refractivity contribution in [1.82, 2.24) is 20.1 Å². The third-order valence-electron chi connectivity index (χ3n) is 5.70.